The second-order valence-corrected chi connectivity index (χ2v) is 9.75. The van der Waals surface area contributed by atoms with Crippen molar-refractivity contribution in [2.24, 2.45) is 0 Å². The highest BCUT2D eigenvalue weighted by molar-refractivity contribution is 5.83. The molecule has 36 heavy (non-hydrogen) atoms. The number of H-pyrrole nitrogens is 1. The summed E-state index contributed by atoms with van der Waals surface area (Å²) in [5.74, 6) is -0.0469. The second-order valence-electron chi connectivity index (χ2n) is 9.75. The van der Waals surface area contributed by atoms with Gasteiger partial charge in [-0.1, -0.05) is 30.3 Å². The summed E-state index contributed by atoms with van der Waals surface area (Å²) < 4.78 is 19.6. The van der Waals surface area contributed by atoms with Gasteiger partial charge in [0.15, 0.2) is 11.6 Å². The number of aromatic hydroxyl groups is 1. The number of hydrogen-bond acceptors (Lipinski definition) is 5. The van der Waals surface area contributed by atoms with Crippen LogP contribution in [0.2, 0.25) is 0 Å². The van der Waals surface area contributed by atoms with Gasteiger partial charge in [-0.25, -0.2) is 4.39 Å². The zero-order valence-electron chi connectivity index (χ0n) is 20.5. The Hall–Kier alpha value is -3.68. The number of piperazine rings is 1. The number of fused-ring (bicyclic) bond motifs is 3. The first-order valence-corrected chi connectivity index (χ1v) is 12.3. The Bertz CT molecular complexity index is 1420. The van der Waals surface area contributed by atoms with Crippen LogP contribution in [0.4, 0.5) is 4.39 Å². The number of methoxy groups -OCH3 is 1. The van der Waals surface area contributed by atoms with Crippen molar-refractivity contribution in [2.45, 2.75) is 13.0 Å². The third kappa shape index (κ3) is 4.04. The maximum atomic E-state index is 13.8. The monoisotopic (exact) mass is 484 g/mol. The zero-order valence-corrected chi connectivity index (χ0v) is 20.5. The van der Waals surface area contributed by atoms with Gasteiger partial charge in [0.25, 0.3) is 0 Å². The summed E-state index contributed by atoms with van der Waals surface area (Å²) in [7, 11) is 3.92. The Labute approximate surface area is 210 Å². The van der Waals surface area contributed by atoms with Gasteiger partial charge in [0.05, 0.1) is 18.5 Å². The molecule has 1 aliphatic heterocycles. The molecule has 6 nitrogen and oxygen atoms in total. The fourth-order valence-corrected chi connectivity index (χ4v) is 5.31. The molecule has 0 unspecified atom stereocenters. The average Bonchev–Trinajstić information content (AvgIpc) is 3.46. The number of phenols is 1. The van der Waals surface area contributed by atoms with Crippen LogP contribution in [0, 0.1) is 5.82 Å². The van der Waals surface area contributed by atoms with Crippen molar-refractivity contribution >= 4 is 0 Å². The van der Waals surface area contributed by atoms with Crippen molar-refractivity contribution < 1.29 is 14.2 Å². The van der Waals surface area contributed by atoms with Gasteiger partial charge in [-0.2, -0.15) is 5.10 Å². The third-order valence-electron chi connectivity index (χ3n) is 7.44. The average molecular weight is 485 g/mol. The molecule has 2 N–H and O–H groups in total. The van der Waals surface area contributed by atoms with E-state index in [-0.39, 0.29) is 5.75 Å². The molecule has 184 valence electrons. The quantitative estimate of drug-likeness (QED) is 0.371. The van der Waals surface area contributed by atoms with Crippen molar-refractivity contribution in [3.05, 3.63) is 77.1 Å². The number of phenolic OH excluding ortho intramolecular Hbond substituents is 1. The zero-order chi connectivity index (χ0) is 24.8. The van der Waals surface area contributed by atoms with Crippen LogP contribution >= 0.6 is 0 Å². The number of nitrogens with one attached hydrogen (secondary N) is 1. The van der Waals surface area contributed by atoms with Crippen molar-refractivity contribution in [3.8, 4) is 45.1 Å². The minimum absolute atomic E-state index is 0.342. The molecule has 0 radical (unpaired) electrons. The number of nitrogens with zero attached hydrogens (tertiary/aromatic N) is 3. The van der Waals surface area contributed by atoms with Crippen LogP contribution in [-0.2, 0) is 13.0 Å². The molecule has 0 atom stereocenters. The SMILES string of the molecule is COc1cc2c(cc1CN1CCN(C)CC1)Cc1c(-c3ccc(-c4ccc(O)c(F)c4)cc3)n[nH]c1-2. The highest BCUT2D eigenvalue weighted by Gasteiger charge is 2.27. The molecule has 1 aliphatic carbocycles. The molecule has 1 saturated heterocycles. The van der Waals surface area contributed by atoms with Gasteiger partial charge in [0.1, 0.15) is 5.75 Å². The lowest BCUT2D eigenvalue weighted by molar-refractivity contribution is 0.147. The minimum Gasteiger partial charge on any atom is -0.505 e. The fourth-order valence-electron chi connectivity index (χ4n) is 5.31. The van der Waals surface area contributed by atoms with E-state index in [0.29, 0.717) is 0 Å². The summed E-state index contributed by atoms with van der Waals surface area (Å²) in [6, 6.07) is 16.8. The maximum Gasteiger partial charge on any atom is 0.165 e. The molecular weight excluding hydrogens is 455 g/mol. The summed E-state index contributed by atoms with van der Waals surface area (Å²) >= 11 is 0. The van der Waals surface area contributed by atoms with E-state index in [0.717, 1.165) is 78.5 Å². The van der Waals surface area contributed by atoms with E-state index in [9.17, 15) is 9.50 Å². The van der Waals surface area contributed by atoms with E-state index in [1.807, 2.05) is 24.3 Å². The molecule has 4 aromatic rings. The highest BCUT2D eigenvalue weighted by atomic mass is 19.1. The first-order valence-electron chi connectivity index (χ1n) is 12.3. The smallest absolute Gasteiger partial charge is 0.165 e. The van der Waals surface area contributed by atoms with Crippen LogP contribution < -0.4 is 4.74 Å². The standard InChI is InChI=1S/C29H29FN4O2/c1-33-9-11-34(12-10-33)17-22-13-21-14-24-28(31-32-29(24)23(21)16-27(22)36-2)19-5-3-18(4-6-19)20-7-8-26(35)25(30)15-20/h3-8,13,15-16,35H,9-12,14,17H2,1-2H3,(H,31,32). The predicted octanol–water partition coefficient (Wildman–Crippen LogP) is 4.92. The number of benzene rings is 3. The largest absolute Gasteiger partial charge is 0.505 e. The Balaban J connectivity index is 1.27. The lowest BCUT2D eigenvalue weighted by Crippen LogP contribution is -2.43. The van der Waals surface area contributed by atoms with Crippen LogP contribution in [0.25, 0.3) is 33.6 Å². The summed E-state index contributed by atoms with van der Waals surface area (Å²) in [6.07, 6.45) is 0.821. The normalized spacial score (nSPS) is 15.6. The van der Waals surface area contributed by atoms with Crippen molar-refractivity contribution in [1.29, 1.82) is 0 Å². The van der Waals surface area contributed by atoms with Gasteiger partial charge in [-0.05, 0) is 48.0 Å². The number of hydrogen-bond donors (Lipinski definition) is 2. The van der Waals surface area contributed by atoms with E-state index in [4.69, 9.17) is 4.74 Å². The van der Waals surface area contributed by atoms with Gasteiger partial charge in [0.2, 0.25) is 0 Å². The molecule has 3 aromatic carbocycles. The fraction of sp³-hybridized carbons (Fsp3) is 0.276. The van der Waals surface area contributed by atoms with Crippen molar-refractivity contribution in [1.82, 2.24) is 20.0 Å². The Kier molecular flexibility index (Phi) is 5.74. The van der Waals surface area contributed by atoms with Crippen LogP contribution in [0.5, 0.6) is 11.5 Å². The lowest BCUT2D eigenvalue weighted by Gasteiger charge is -2.32. The van der Waals surface area contributed by atoms with Gasteiger partial charge >= 0.3 is 0 Å². The number of aromatic nitrogens is 2. The molecule has 1 fully saturated rings. The molecule has 0 saturated carbocycles. The van der Waals surface area contributed by atoms with Crippen LogP contribution in [0.1, 0.15) is 16.7 Å². The Morgan fingerprint density at radius 2 is 1.69 bits per heavy atom. The van der Waals surface area contributed by atoms with Gasteiger partial charge in [0, 0.05) is 61.4 Å². The molecule has 0 amide bonds. The summed E-state index contributed by atoms with van der Waals surface area (Å²) in [5, 5.41) is 17.4. The lowest BCUT2D eigenvalue weighted by atomic mass is 10.0. The van der Waals surface area contributed by atoms with Crippen molar-refractivity contribution in [3.63, 3.8) is 0 Å². The van der Waals surface area contributed by atoms with Crippen LogP contribution in [0.15, 0.2) is 54.6 Å². The van der Waals surface area contributed by atoms with Crippen LogP contribution in [0.3, 0.4) is 0 Å². The predicted molar refractivity (Wildman–Crippen MR) is 139 cm³/mol. The number of halogens is 1. The van der Waals surface area contributed by atoms with Crippen LogP contribution in [-0.4, -0.2) is 65.4 Å². The molecule has 2 aliphatic rings. The molecule has 2 heterocycles. The number of ether oxygens (including phenoxy) is 1. The van der Waals surface area contributed by atoms with E-state index >= 15 is 0 Å². The van der Waals surface area contributed by atoms with Gasteiger partial charge in [-0.15, -0.1) is 0 Å². The first kappa shape index (κ1) is 22.8. The first-order chi connectivity index (χ1) is 17.5. The maximum absolute atomic E-state index is 13.8. The van der Waals surface area contributed by atoms with E-state index < -0.39 is 5.82 Å². The summed E-state index contributed by atoms with van der Waals surface area (Å²) in [6.45, 7) is 5.20. The van der Waals surface area contributed by atoms with E-state index in [1.54, 1.807) is 13.2 Å². The Morgan fingerprint density at radius 3 is 2.42 bits per heavy atom. The summed E-state index contributed by atoms with van der Waals surface area (Å²) in [5.41, 5.74) is 9.45. The topological polar surface area (TPSA) is 64.6 Å². The minimum atomic E-state index is -0.623. The third-order valence-corrected chi connectivity index (χ3v) is 7.44. The summed E-state index contributed by atoms with van der Waals surface area (Å²) in [4.78, 5) is 4.86. The number of aromatic amines is 1. The molecular formula is C29H29FN4O2. The van der Waals surface area contributed by atoms with Gasteiger partial charge in [-0.3, -0.25) is 10.00 Å². The Morgan fingerprint density at radius 1 is 0.972 bits per heavy atom. The molecule has 0 bridgehead atoms. The number of rotatable bonds is 5. The van der Waals surface area contributed by atoms with Gasteiger partial charge < -0.3 is 14.7 Å². The van der Waals surface area contributed by atoms with E-state index in [1.165, 1.54) is 28.8 Å². The second kappa shape index (κ2) is 9.08. The molecule has 0 spiro atoms. The molecule has 6 rings (SSSR count). The van der Waals surface area contributed by atoms with Crippen molar-refractivity contribution in [2.75, 3.05) is 40.3 Å². The molecule has 1 aromatic heterocycles. The number of likely N-dealkylation sites (N-methyl/N-ethyl adjacent to an activating group) is 1. The molecule has 7 heteroatoms. The highest BCUT2D eigenvalue weighted by Crippen LogP contribution is 2.43. The van der Waals surface area contributed by atoms with E-state index in [2.05, 4.69) is 39.2 Å².